The van der Waals surface area contributed by atoms with Gasteiger partial charge in [0.15, 0.2) is 0 Å². The van der Waals surface area contributed by atoms with Crippen LogP contribution in [0.4, 0.5) is 0 Å². The van der Waals surface area contributed by atoms with Crippen LogP contribution < -0.4 is 0 Å². The van der Waals surface area contributed by atoms with E-state index >= 15 is 0 Å². The van der Waals surface area contributed by atoms with Gasteiger partial charge >= 0.3 is 0 Å². The normalized spacial score (nSPS) is 49.7. The second-order valence-corrected chi connectivity index (χ2v) is 14.5. The largest absolute Gasteiger partial charge is 0.342 e. The molecule has 4 saturated carbocycles. The summed E-state index contributed by atoms with van der Waals surface area (Å²) in [7, 11) is 2.14. The van der Waals surface area contributed by atoms with E-state index in [9.17, 15) is 4.79 Å². The van der Waals surface area contributed by atoms with Gasteiger partial charge in [-0.25, -0.2) is 0 Å². The molecule has 0 aromatic carbocycles. The van der Waals surface area contributed by atoms with Crippen molar-refractivity contribution < 1.29 is 4.79 Å². The highest BCUT2D eigenvalue weighted by molar-refractivity contribution is 5.77. The minimum absolute atomic E-state index is 0.349. The van der Waals surface area contributed by atoms with Crippen LogP contribution in [0.25, 0.3) is 0 Å². The van der Waals surface area contributed by atoms with Crippen LogP contribution in [0.15, 0.2) is 0 Å². The van der Waals surface area contributed by atoms with E-state index in [4.69, 9.17) is 0 Å². The van der Waals surface area contributed by atoms with E-state index in [2.05, 4.69) is 53.5 Å². The van der Waals surface area contributed by atoms with Crippen molar-refractivity contribution >= 4 is 5.91 Å². The van der Waals surface area contributed by atoms with Crippen LogP contribution in [0.3, 0.4) is 0 Å². The Labute approximate surface area is 205 Å². The van der Waals surface area contributed by atoms with Gasteiger partial charge in [-0.3, -0.25) is 4.79 Å². The summed E-state index contributed by atoms with van der Waals surface area (Å²) in [6.07, 6.45) is 16.2. The molecule has 1 amide bonds. The van der Waals surface area contributed by atoms with Crippen molar-refractivity contribution in [3.05, 3.63) is 0 Å². The van der Waals surface area contributed by atoms with Crippen molar-refractivity contribution in [1.29, 1.82) is 0 Å². The first-order valence-electron chi connectivity index (χ1n) is 14.8. The van der Waals surface area contributed by atoms with E-state index in [0.717, 1.165) is 54.3 Å². The molecule has 0 N–H and O–H groups in total. The van der Waals surface area contributed by atoms with Gasteiger partial charge in [-0.1, -0.05) is 67.2 Å². The zero-order valence-electron chi connectivity index (χ0n) is 23.0. The molecule has 1 aliphatic heterocycles. The molecule has 1 spiro atoms. The lowest BCUT2D eigenvalue weighted by atomic mass is 9.42. The summed E-state index contributed by atoms with van der Waals surface area (Å²) in [6, 6.07) is 0.494. The first kappa shape index (κ1) is 24.2. The molecule has 1 saturated heterocycles. The number of amides is 1. The SMILES string of the molecule is CCC1CC12CC1N(C)C(=O)CC[C@]1(C)C1CC[C@]3(C)C(C(C)CCCC(C)C)CCC3C12. The van der Waals surface area contributed by atoms with Gasteiger partial charge in [-0.15, -0.1) is 0 Å². The number of likely N-dealkylation sites (tertiary alicyclic amines) is 1. The van der Waals surface area contributed by atoms with E-state index in [1.807, 2.05) is 0 Å². The number of carbonyl (C=O) groups excluding carboxylic acids is 1. The third kappa shape index (κ3) is 3.49. The Bertz CT molecular complexity index is 760. The fourth-order valence-electron chi connectivity index (χ4n) is 10.9. The molecule has 33 heavy (non-hydrogen) atoms. The topological polar surface area (TPSA) is 20.3 Å². The summed E-state index contributed by atoms with van der Waals surface area (Å²) in [5.41, 5.74) is 1.46. The van der Waals surface area contributed by atoms with Crippen LogP contribution >= 0.6 is 0 Å². The Morgan fingerprint density at radius 3 is 2.36 bits per heavy atom. The quantitative estimate of drug-likeness (QED) is 0.398. The van der Waals surface area contributed by atoms with Gasteiger partial charge in [0, 0.05) is 19.5 Å². The van der Waals surface area contributed by atoms with E-state index in [0.29, 0.717) is 28.2 Å². The highest BCUT2D eigenvalue weighted by Crippen LogP contribution is 2.78. The van der Waals surface area contributed by atoms with E-state index in [-0.39, 0.29) is 0 Å². The summed E-state index contributed by atoms with van der Waals surface area (Å²) in [4.78, 5) is 15.0. The molecule has 1 heterocycles. The van der Waals surface area contributed by atoms with Crippen LogP contribution in [0.1, 0.15) is 119 Å². The second-order valence-electron chi connectivity index (χ2n) is 14.5. The lowest BCUT2D eigenvalue weighted by Gasteiger charge is -2.65. The molecule has 8 unspecified atom stereocenters. The molecule has 0 bridgehead atoms. The monoisotopic (exact) mass is 455 g/mol. The van der Waals surface area contributed by atoms with E-state index < -0.39 is 0 Å². The fraction of sp³-hybridized carbons (Fsp3) is 0.968. The van der Waals surface area contributed by atoms with Crippen LogP contribution in [0, 0.1) is 57.7 Å². The Hall–Kier alpha value is -0.530. The molecule has 0 aromatic rings. The molecule has 0 radical (unpaired) electrons. The Kier molecular flexibility index (Phi) is 6.05. The smallest absolute Gasteiger partial charge is 0.222 e. The van der Waals surface area contributed by atoms with Gasteiger partial charge < -0.3 is 4.90 Å². The van der Waals surface area contributed by atoms with Gasteiger partial charge in [0.05, 0.1) is 0 Å². The molecule has 5 rings (SSSR count). The summed E-state index contributed by atoms with van der Waals surface area (Å²) in [5.74, 6) is 6.71. The zero-order valence-corrected chi connectivity index (χ0v) is 23.0. The number of piperidine rings is 1. The first-order chi connectivity index (χ1) is 15.6. The van der Waals surface area contributed by atoms with Gasteiger partial charge in [0.25, 0.3) is 0 Å². The zero-order chi connectivity index (χ0) is 23.8. The third-order valence-corrected chi connectivity index (χ3v) is 12.8. The fourth-order valence-corrected chi connectivity index (χ4v) is 10.9. The highest BCUT2D eigenvalue weighted by atomic mass is 16.2. The Balaban J connectivity index is 1.43. The van der Waals surface area contributed by atoms with E-state index in [1.165, 1.54) is 64.2 Å². The van der Waals surface area contributed by atoms with Crippen molar-refractivity contribution in [3.8, 4) is 0 Å². The predicted molar refractivity (Wildman–Crippen MR) is 138 cm³/mol. The molecule has 2 nitrogen and oxygen atoms in total. The van der Waals surface area contributed by atoms with Gasteiger partial charge in [-0.05, 0) is 103 Å². The number of rotatable bonds is 6. The van der Waals surface area contributed by atoms with Gasteiger partial charge in [0.1, 0.15) is 0 Å². The van der Waals surface area contributed by atoms with Crippen molar-refractivity contribution in [3.63, 3.8) is 0 Å². The Morgan fingerprint density at radius 1 is 0.970 bits per heavy atom. The summed E-state index contributed by atoms with van der Waals surface area (Å²) < 4.78 is 0. The number of nitrogens with zero attached hydrogens (tertiary/aromatic N) is 1. The van der Waals surface area contributed by atoms with E-state index in [1.54, 1.807) is 0 Å². The number of hydrogen-bond donors (Lipinski definition) is 0. The third-order valence-electron chi connectivity index (χ3n) is 12.8. The maximum Gasteiger partial charge on any atom is 0.222 e. The van der Waals surface area contributed by atoms with Crippen molar-refractivity contribution in [2.45, 2.75) is 125 Å². The maximum atomic E-state index is 12.7. The molecule has 188 valence electrons. The lowest BCUT2D eigenvalue weighted by molar-refractivity contribution is -0.175. The molecular weight excluding hydrogens is 402 g/mol. The summed E-state index contributed by atoms with van der Waals surface area (Å²) >= 11 is 0. The number of hydrogen-bond acceptors (Lipinski definition) is 1. The average Bonchev–Trinajstić information content (AvgIpc) is 3.35. The first-order valence-corrected chi connectivity index (χ1v) is 14.8. The minimum atomic E-state index is 0.349. The molecule has 4 aliphatic carbocycles. The molecule has 0 aromatic heterocycles. The summed E-state index contributed by atoms with van der Waals surface area (Å²) in [6.45, 7) is 15.2. The van der Waals surface area contributed by atoms with Crippen LogP contribution in [-0.2, 0) is 4.79 Å². The Morgan fingerprint density at radius 2 is 1.70 bits per heavy atom. The number of carbonyl (C=O) groups is 1. The summed E-state index contributed by atoms with van der Waals surface area (Å²) in [5, 5.41) is 0. The van der Waals surface area contributed by atoms with Gasteiger partial charge in [0.2, 0.25) is 5.91 Å². The molecular formula is C31H53NO. The van der Waals surface area contributed by atoms with Crippen LogP contribution in [-0.4, -0.2) is 23.9 Å². The molecule has 10 atom stereocenters. The van der Waals surface area contributed by atoms with Crippen molar-refractivity contribution in [2.75, 3.05) is 7.05 Å². The minimum Gasteiger partial charge on any atom is -0.342 e. The molecule has 5 aliphatic rings. The second kappa shape index (κ2) is 8.26. The van der Waals surface area contributed by atoms with Crippen molar-refractivity contribution in [1.82, 2.24) is 4.90 Å². The van der Waals surface area contributed by atoms with Crippen molar-refractivity contribution in [2.24, 2.45) is 57.7 Å². The lowest BCUT2D eigenvalue weighted by Crippen LogP contribution is -2.64. The van der Waals surface area contributed by atoms with Crippen LogP contribution in [0.5, 0.6) is 0 Å². The number of fused-ring (bicyclic) bond motifs is 6. The average molecular weight is 456 g/mol. The molecule has 5 fully saturated rings. The van der Waals surface area contributed by atoms with Crippen LogP contribution in [0.2, 0.25) is 0 Å². The van der Waals surface area contributed by atoms with Gasteiger partial charge in [-0.2, -0.15) is 0 Å². The molecule has 2 heteroatoms. The maximum absolute atomic E-state index is 12.7. The standard InChI is InChI=1S/C31H53NO/c1-8-22-18-31(22)19-26-30(6,17-15-27(33)32(26)7)25-14-16-29(5)23(12-13-24(29)28(25)31)21(4)11-9-10-20(2)3/h20-26,28H,8-19H2,1-7H3/t21?,22?,23?,24?,25?,26?,28?,29-,30-,31?/m1/s1. The highest BCUT2D eigenvalue weighted by Gasteiger charge is 2.73. The predicted octanol–water partition coefficient (Wildman–Crippen LogP) is 7.95.